The summed E-state index contributed by atoms with van der Waals surface area (Å²) >= 11 is 6.02. The zero-order chi connectivity index (χ0) is 19.6. The molecule has 7 heteroatoms. The van der Waals surface area contributed by atoms with Crippen molar-refractivity contribution in [1.82, 2.24) is 0 Å². The molecule has 1 aliphatic carbocycles. The van der Waals surface area contributed by atoms with Gasteiger partial charge >= 0.3 is 0 Å². The van der Waals surface area contributed by atoms with Crippen molar-refractivity contribution in [2.45, 2.75) is 38.5 Å². The maximum atomic E-state index is 13.6. The summed E-state index contributed by atoms with van der Waals surface area (Å²) in [6.07, 6.45) is 4.94. The molecule has 0 atom stereocenters. The Kier molecular flexibility index (Phi) is 5.52. The normalized spacial score (nSPS) is 13.8. The van der Waals surface area contributed by atoms with Crippen molar-refractivity contribution in [2.75, 3.05) is 0 Å². The Hall–Kier alpha value is -2.78. The Morgan fingerprint density at radius 1 is 1.19 bits per heavy atom. The zero-order valence-corrected chi connectivity index (χ0v) is 15.2. The number of benzene rings is 2. The second-order valence-electron chi connectivity index (χ2n) is 6.52. The van der Waals surface area contributed by atoms with Gasteiger partial charge < -0.3 is 0 Å². The molecule has 0 bridgehead atoms. The Bertz CT molecular complexity index is 982. The third-order valence-corrected chi connectivity index (χ3v) is 5.17. The van der Waals surface area contributed by atoms with Gasteiger partial charge in [0.15, 0.2) is 0 Å². The monoisotopic (exact) mass is 386 g/mol. The van der Waals surface area contributed by atoms with Gasteiger partial charge in [0.2, 0.25) is 5.78 Å². The van der Waals surface area contributed by atoms with E-state index in [0.29, 0.717) is 18.4 Å². The molecule has 27 heavy (non-hydrogen) atoms. The lowest BCUT2D eigenvalue weighted by atomic mass is 9.85. The molecule has 0 spiro atoms. The summed E-state index contributed by atoms with van der Waals surface area (Å²) in [6.45, 7) is 0. The van der Waals surface area contributed by atoms with Crippen LogP contribution in [0.15, 0.2) is 24.3 Å². The summed E-state index contributed by atoms with van der Waals surface area (Å²) in [5.74, 6) is -1.50. The van der Waals surface area contributed by atoms with E-state index in [1.54, 1.807) is 0 Å². The number of aryl methyl sites for hydroxylation is 1. The minimum atomic E-state index is -0.812. The number of hydrogen-bond donors (Lipinski definition) is 0. The van der Waals surface area contributed by atoms with Gasteiger partial charge in [0.05, 0.1) is 15.5 Å². The maximum Gasteiger partial charge on any atom is 0.282 e. The van der Waals surface area contributed by atoms with Gasteiger partial charge in [0.25, 0.3) is 5.69 Å². The predicted octanol–water partition coefficient (Wildman–Crippen LogP) is 5.15. The Morgan fingerprint density at radius 2 is 1.89 bits per heavy atom. The van der Waals surface area contributed by atoms with Crippen LogP contribution in [0.2, 0.25) is 5.02 Å². The number of nitro benzene ring substituents is 1. The highest BCUT2D eigenvalue weighted by atomic mass is 35.5. The number of hydrogen-bond acceptors (Lipinski definition) is 4. The van der Waals surface area contributed by atoms with Crippen LogP contribution in [0.25, 0.3) is 0 Å². The Balaban J connectivity index is 2.29. The number of carbonyl (C=O) groups excluding carboxylic acids is 1. The summed E-state index contributed by atoms with van der Waals surface area (Å²) < 4.78 is 13.6. The van der Waals surface area contributed by atoms with E-state index in [1.807, 2.05) is 6.07 Å². The number of nitrogens with zero attached hydrogens (tertiary/aromatic N) is 2. The van der Waals surface area contributed by atoms with Crippen LogP contribution in [0, 0.1) is 27.3 Å². The van der Waals surface area contributed by atoms with Gasteiger partial charge in [-0.25, -0.2) is 4.39 Å². The fourth-order valence-corrected chi connectivity index (χ4v) is 3.75. The molecular weight excluding hydrogens is 371 g/mol. The van der Waals surface area contributed by atoms with E-state index in [9.17, 15) is 24.6 Å². The number of carbonyl (C=O) groups is 1. The fourth-order valence-electron chi connectivity index (χ4n) is 3.55. The van der Waals surface area contributed by atoms with Gasteiger partial charge in [0, 0.05) is 11.6 Å². The molecule has 0 amide bonds. The highest BCUT2D eigenvalue weighted by Gasteiger charge is 2.31. The van der Waals surface area contributed by atoms with E-state index in [-0.39, 0.29) is 21.7 Å². The first-order valence-corrected chi connectivity index (χ1v) is 9.04. The number of nitro groups is 1. The summed E-state index contributed by atoms with van der Waals surface area (Å²) in [6, 6.07) is 6.63. The highest BCUT2D eigenvalue weighted by molar-refractivity contribution is 6.35. The van der Waals surface area contributed by atoms with Crippen molar-refractivity contribution in [2.24, 2.45) is 0 Å². The Labute approximate surface area is 160 Å². The molecule has 5 nitrogen and oxygen atoms in total. The third kappa shape index (κ3) is 3.69. The predicted molar refractivity (Wildman–Crippen MR) is 98.5 cm³/mol. The van der Waals surface area contributed by atoms with E-state index < -0.39 is 22.2 Å². The number of rotatable bonds is 3. The van der Waals surface area contributed by atoms with Crippen molar-refractivity contribution in [3.05, 3.63) is 73.0 Å². The third-order valence-electron chi connectivity index (χ3n) is 4.84. The molecule has 0 aliphatic heterocycles. The van der Waals surface area contributed by atoms with Crippen LogP contribution in [-0.4, -0.2) is 10.7 Å². The van der Waals surface area contributed by atoms with Crippen LogP contribution in [0.1, 0.15) is 58.3 Å². The molecule has 1 aliphatic rings. The lowest BCUT2D eigenvalue weighted by Gasteiger charge is -2.17. The van der Waals surface area contributed by atoms with E-state index in [2.05, 4.69) is 0 Å². The van der Waals surface area contributed by atoms with Crippen molar-refractivity contribution in [1.29, 1.82) is 5.26 Å². The molecule has 2 aromatic carbocycles. The second kappa shape index (κ2) is 7.85. The largest absolute Gasteiger partial charge is 0.288 e. The molecule has 0 radical (unpaired) electrons. The van der Waals surface area contributed by atoms with Crippen molar-refractivity contribution < 1.29 is 14.1 Å². The number of halogens is 2. The van der Waals surface area contributed by atoms with Crippen LogP contribution >= 0.6 is 11.6 Å². The molecule has 0 saturated heterocycles. The Morgan fingerprint density at radius 3 is 2.56 bits per heavy atom. The first-order valence-electron chi connectivity index (χ1n) is 8.67. The first-order chi connectivity index (χ1) is 12.9. The quantitative estimate of drug-likeness (QED) is 0.415. The molecule has 0 heterocycles. The molecule has 0 fully saturated rings. The molecule has 2 aromatic rings. The van der Waals surface area contributed by atoms with Crippen LogP contribution < -0.4 is 0 Å². The van der Waals surface area contributed by atoms with Gasteiger partial charge in [-0.05, 0) is 55.0 Å². The molecule has 0 saturated carbocycles. The van der Waals surface area contributed by atoms with Crippen molar-refractivity contribution in [3.63, 3.8) is 0 Å². The number of nitriles is 1. The summed E-state index contributed by atoms with van der Waals surface area (Å²) in [4.78, 5) is 24.0. The standard InChI is InChI=1S/C20H16ClFN2O3/c21-17-8-7-13(22)10-15(17)20(25)19-16(11-23)14-6-4-2-1-3-5-12(14)9-18(19)24(26)27/h7-10H,1-6H2. The van der Waals surface area contributed by atoms with Gasteiger partial charge in [-0.1, -0.05) is 24.4 Å². The van der Waals surface area contributed by atoms with E-state index in [4.69, 9.17) is 11.6 Å². The minimum Gasteiger partial charge on any atom is -0.288 e. The lowest BCUT2D eigenvalue weighted by Crippen LogP contribution is -2.14. The molecule has 0 aromatic heterocycles. The second-order valence-corrected chi connectivity index (χ2v) is 6.93. The SMILES string of the molecule is N#Cc1c2c(cc([N+](=O)[O-])c1C(=O)c1cc(F)ccc1Cl)CCCCCC2. The lowest BCUT2D eigenvalue weighted by molar-refractivity contribution is -0.385. The van der Waals surface area contributed by atoms with E-state index >= 15 is 0 Å². The van der Waals surface area contributed by atoms with Gasteiger partial charge in [-0.3, -0.25) is 14.9 Å². The minimum absolute atomic E-state index is 0.00595. The molecule has 138 valence electrons. The van der Waals surface area contributed by atoms with Gasteiger partial charge in [-0.15, -0.1) is 0 Å². The van der Waals surface area contributed by atoms with E-state index in [0.717, 1.165) is 43.4 Å². The number of ketones is 1. The summed E-state index contributed by atoms with van der Waals surface area (Å²) in [7, 11) is 0. The maximum absolute atomic E-state index is 13.6. The molecular formula is C20H16ClFN2O3. The smallest absolute Gasteiger partial charge is 0.282 e. The van der Waals surface area contributed by atoms with Crippen molar-refractivity contribution >= 4 is 23.1 Å². The van der Waals surface area contributed by atoms with Crippen LogP contribution in [0.5, 0.6) is 0 Å². The molecule has 0 unspecified atom stereocenters. The topological polar surface area (TPSA) is 84.0 Å². The first kappa shape index (κ1) is 19.0. The van der Waals surface area contributed by atoms with Crippen LogP contribution in [0.4, 0.5) is 10.1 Å². The number of fused-ring (bicyclic) bond motifs is 1. The average molecular weight is 387 g/mol. The highest BCUT2D eigenvalue weighted by Crippen LogP contribution is 2.35. The molecule has 0 N–H and O–H groups in total. The van der Waals surface area contributed by atoms with Crippen molar-refractivity contribution in [3.8, 4) is 6.07 Å². The van der Waals surface area contributed by atoms with E-state index in [1.165, 1.54) is 12.1 Å². The zero-order valence-electron chi connectivity index (χ0n) is 14.4. The van der Waals surface area contributed by atoms with Gasteiger partial charge in [0.1, 0.15) is 17.4 Å². The van der Waals surface area contributed by atoms with Crippen LogP contribution in [-0.2, 0) is 12.8 Å². The average Bonchev–Trinajstić information content (AvgIpc) is 2.62. The fraction of sp³-hybridized carbons (Fsp3) is 0.300. The summed E-state index contributed by atoms with van der Waals surface area (Å²) in [5.41, 5.74) is 0.484. The molecule has 3 rings (SSSR count). The van der Waals surface area contributed by atoms with Crippen LogP contribution in [0.3, 0.4) is 0 Å². The van der Waals surface area contributed by atoms with Gasteiger partial charge in [-0.2, -0.15) is 5.26 Å². The summed E-state index contributed by atoms with van der Waals surface area (Å²) in [5, 5.41) is 21.4.